The summed E-state index contributed by atoms with van der Waals surface area (Å²) >= 11 is 0. The van der Waals surface area contributed by atoms with Crippen LogP contribution in [0.1, 0.15) is 60.3 Å². The van der Waals surface area contributed by atoms with Crippen LogP contribution in [-0.2, 0) is 42.9 Å². The monoisotopic (exact) mass is 715 g/mol. The van der Waals surface area contributed by atoms with Crippen molar-refractivity contribution in [1.29, 1.82) is 0 Å². The molecule has 18 heteroatoms. The number of epoxide rings is 1. The Labute approximate surface area is 274 Å². The molecule has 0 aromatic heterocycles. The van der Waals surface area contributed by atoms with E-state index in [1.54, 1.807) is 6.92 Å². The maximum Gasteiger partial charge on any atom is 0.381 e. The molecule has 0 bridgehead atoms. The minimum Gasteiger partial charge on any atom is -0.463 e. The maximum absolute atomic E-state index is 14.4. The molecule has 280 valence electrons. The van der Waals surface area contributed by atoms with Crippen LogP contribution in [0, 0.1) is 22.2 Å². The lowest BCUT2D eigenvalue weighted by molar-refractivity contribution is -0.344. The summed E-state index contributed by atoms with van der Waals surface area (Å²) in [4.78, 5) is 54.3. The fraction of sp³-hybridized carbons (Fsp3) is 0.867. The van der Waals surface area contributed by atoms with Gasteiger partial charge >= 0.3 is 42.1 Å². The van der Waals surface area contributed by atoms with Gasteiger partial charge in [-0.05, 0) is 53.4 Å². The van der Waals surface area contributed by atoms with Gasteiger partial charge in [-0.1, -0.05) is 6.92 Å². The highest BCUT2D eigenvalue weighted by molar-refractivity contribution is 5.84. The van der Waals surface area contributed by atoms with Gasteiger partial charge in [-0.3, -0.25) is 19.2 Å². The topological polar surface area (TPSA) is 121 Å². The predicted octanol–water partition coefficient (Wildman–Crippen LogP) is 5.16. The Morgan fingerprint density at radius 3 is 1.83 bits per heavy atom. The van der Waals surface area contributed by atoms with Crippen molar-refractivity contribution in [3.05, 3.63) is 0 Å². The Morgan fingerprint density at radius 1 is 0.833 bits per heavy atom. The Bertz CT molecular complexity index is 1130. The van der Waals surface area contributed by atoms with Gasteiger partial charge in [-0.25, -0.2) is 8.78 Å². The number of rotatable bonds is 21. The zero-order valence-electron chi connectivity index (χ0n) is 28.2. The lowest BCUT2D eigenvalue weighted by atomic mass is 9.63. The standard InChI is InChI=1S/C30H45F8NO9/c1-9-18(20(40)39(6)7)12-26(4,23(42)48-17-28(33,34)30(37,38)29(35,36)21(31)32)16-27(5,24(43)45-11-10-44-8)15-25(2,3)22(41)47-14-19-13-46-19/h18-19,21H,9-17H2,1-8H3. The molecule has 0 saturated carbocycles. The van der Waals surface area contributed by atoms with Gasteiger partial charge in [0, 0.05) is 27.1 Å². The van der Waals surface area contributed by atoms with Crippen molar-refractivity contribution < 1.29 is 78.0 Å². The molecule has 0 N–H and O–H groups in total. The molecule has 1 heterocycles. The van der Waals surface area contributed by atoms with Crippen LogP contribution >= 0.6 is 0 Å². The highest BCUT2D eigenvalue weighted by Gasteiger charge is 2.75. The number of hydrogen-bond acceptors (Lipinski definition) is 9. The van der Waals surface area contributed by atoms with Crippen LogP contribution in [0.5, 0.6) is 0 Å². The van der Waals surface area contributed by atoms with E-state index in [4.69, 9.17) is 18.9 Å². The zero-order valence-corrected chi connectivity index (χ0v) is 28.2. The zero-order chi connectivity index (χ0) is 37.5. The minimum atomic E-state index is -6.65. The summed E-state index contributed by atoms with van der Waals surface area (Å²) < 4.78 is 134. The van der Waals surface area contributed by atoms with Crippen LogP contribution in [0.15, 0.2) is 0 Å². The van der Waals surface area contributed by atoms with Crippen molar-refractivity contribution in [3.8, 4) is 0 Å². The Morgan fingerprint density at radius 2 is 1.38 bits per heavy atom. The molecule has 0 spiro atoms. The lowest BCUT2D eigenvalue weighted by Gasteiger charge is -2.41. The highest BCUT2D eigenvalue weighted by atomic mass is 19.4. The number of halogens is 8. The second-order valence-electron chi connectivity index (χ2n) is 13.4. The summed E-state index contributed by atoms with van der Waals surface area (Å²) in [5.41, 5.74) is -5.55. The van der Waals surface area contributed by atoms with Crippen LogP contribution in [-0.4, -0.2) is 113 Å². The van der Waals surface area contributed by atoms with E-state index in [-0.39, 0.29) is 32.3 Å². The number of ether oxygens (including phenoxy) is 5. The second-order valence-corrected chi connectivity index (χ2v) is 13.4. The molecular weight excluding hydrogens is 670 g/mol. The first-order valence-corrected chi connectivity index (χ1v) is 15.0. The molecule has 1 saturated heterocycles. The number of alkyl halides is 8. The molecule has 48 heavy (non-hydrogen) atoms. The van der Waals surface area contributed by atoms with Gasteiger partial charge in [0.15, 0.2) is 6.61 Å². The number of amides is 1. The molecule has 10 nitrogen and oxygen atoms in total. The van der Waals surface area contributed by atoms with Crippen LogP contribution in [0.4, 0.5) is 35.1 Å². The van der Waals surface area contributed by atoms with Crippen molar-refractivity contribution in [2.24, 2.45) is 22.2 Å². The molecule has 1 fully saturated rings. The molecule has 0 radical (unpaired) electrons. The molecule has 1 aliphatic heterocycles. The minimum absolute atomic E-state index is 0.0464. The quantitative estimate of drug-likeness (QED) is 0.0522. The van der Waals surface area contributed by atoms with Crippen molar-refractivity contribution in [1.82, 2.24) is 4.90 Å². The number of carbonyl (C=O) groups is 4. The Kier molecular flexibility index (Phi) is 14.7. The van der Waals surface area contributed by atoms with E-state index in [1.807, 2.05) is 0 Å². The van der Waals surface area contributed by atoms with Gasteiger partial charge in [-0.15, -0.1) is 0 Å². The van der Waals surface area contributed by atoms with E-state index < -0.39 is 96.0 Å². The first-order valence-electron chi connectivity index (χ1n) is 15.0. The third-order valence-corrected chi connectivity index (χ3v) is 7.99. The van der Waals surface area contributed by atoms with Crippen LogP contribution in [0.2, 0.25) is 0 Å². The summed E-state index contributed by atoms with van der Waals surface area (Å²) in [6.45, 7) is 3.87. The summed E-state index contributed by atoms with van der Waals surface area (Å²) in [7, 11) is 4.07. The van der Waals surface area contributed by atoms with Gasteiger partial charge in [-0.2, -0.15) is 26.3 Å². The Hall–Kier alpha value is -2.76. The van der Waals surface area contributed by atoms with E-state index in [2.05, 4.69) is 4.74 Å². The largest absolute Gasteiger partial charge is 0.463 e. The number of methoxy groups -OCH3 is 1. The van der Waals surface area contributed by atoms with E-state index in [0.717, 1.165) is 11.8 Å². The molecule has 1 amide bonds. The number of nitrogens with zero attached hydrogens (tertiary/aromatic N) is 1. The van der Waals surface area contributed by atoms with E-state index in [9.17, 15) is 54.3 Å². The molecule has 0 aliphatic carbocycles. The fourth-order valence-corrected chi connectivity index (χ4v) is 5.38. The normalized spacial score (nSPS) is 18.7. The average Bonchev–Trinajstić information content (AvgIpc) is 3.81. The van der Waals surface area contributed by atoms with Gasteiger partial charge in [0.05, 0.1) is 29.5 Å². The van der Waals surface area contributed by atoms with Crippen LogP contribution in [0.3, 0.4) is 0 Å². The first-order chi connectivity index (χ1) is 21.7. The van der Waals surface area contributed by atoms with Gasteiger partial charge in [0.25, 0.3) is 0 Å². The highest BCUT2D eigenvalue weighted by Crippen LogP contribution is 2.50. The molecule has 4 atom stereocenters. The smallest absolute Gasteiger partial charge is 0.381 e. The van der Waals surface area contributed by atoms with Gasteiger partial charge < -0.3 is 28.6 Å². The van der Waals surface area contributed by atoms with Gasteiger partial charge in [0.1, 0.15) is 19.3 Å². The fourth-order valence-electron chi connectivity index (χ4n) is 5.38. The van der Waals surface area contributed by atoms with E-state index in [0.29, 0.717) is 6.61 Å². The number of carbonyl (C=O) groups excluding carboxylic acids is 4. The molecule has 0 aromatic rings. The van der Waals surface area contributed by atoms with E-state index >= 15 is 0 Å². The third-order valence-electron chi connectivity index (χ3n) is 7.99. The van der Waals surface area contributed by atoms with Crippen LogP contribution in [0.25, 0.3) is 0 Å². The second kappa shape index (κ2) is 16.3. The van der Waals surface area contributed by atoms with Crippen molar-refractivity contribution >= 4 is 23.8 Å². The molecule has 4 unspecified atom stereocenters. The number of esters is 3. The Balaban J connectivity index is 3.62. The van der Waals surface area contributed by atoms with Gasteiger partial charge in [0.2, 0.25) is 5.91 Å². The molecule has 0 aromatic carbocycles. The summed E-state index contributed by atoms with van der Waals surface area (Å²) in [5.74, 6) is -24.2. The summed E-state index contributed by atoms with van der Waals surface area (Å²) in [6.07, 6.45) is -7.10. The maximum atomic E-state index is 14.4. The average molecular weight is 716 g/mol. The van der Waals surface area contributed by atoms with Crippen molar-refractivity contribution in [3.63, 3.8) is 0 Å². The van der Waals surface area contributed by atoms with Crippen LogP contribution < -0.4 is 0 Å². The summed E-state index contributed by atoms with van der Waals surface area (Å²) in [6, 6.07) is 0. The predicted molar refractivity (Wildman–Crippen MR) is 152 cm³/mol. The third kappa shape index (κ3) is 10.6. The van der Waals surface area contributed by atoms with E-state index in [1.165, 1.54) is 42.0 Å². The SMILES string of the molecule is CCC(CC(C)(CC(C)(CC(C)(C)C(=O)OCC1CO1)C(=O)OCCOC)C(=O)OCC(F)(F)C(F)(F)C(F)(F)C(F)F)C(=O)N(C)C. The molecular formula is C30H45F8NO9. The molecule has 1 aliphatic rings. The van der Waals surface area contributed by atoms with Crippen molar-refractivity contribution in [2.75, 3.05) is 54.2 Å². The number of hydrogen-bond donors (Lipinski definition) is 0. The molecule has 1 rings (SSSR count). The van der Waals surface area contributed by atoms with Crippen molar-refractivity contribution in [2.45, 2.75) is 90.6 Å². The first kappa shape index (κ1) is 43.3. The summed E-state index contributed by atoms with van der Waals surface area (Å²) in [5, 5.41) is 0. The lowest BCUT2D eigenvalue weighted by Crippen LogP contribution is -2.59.